The van der Waals surface area contributed by atoms with E-state index >= 15 is 0 Å². The maximum absolute atomic E-state index is 12.0. The van der Waals surface area contributed by atoms with Crippen LogP contribution in [0, 0.1) is 0 Å². The number of hydrogen-bond acceptors (Lipinski definition) is 5. The number of imide groups is 1. The zero-order chi connectivity index (χ0) is 17.6. The molecule has 0 bridgehead atoms. The van der Waals surface area contributed by atoms with Crippen molar-refractivity contribution in [3.63, 3.8) is 0 Å². The minimum atomic E-state index is -0.729. The minimum absolute atomic E-state index is 0.0980. The van der Waals surface area contributed by atoms with Crippen LogP contribution >= 0.6 is 0 Å². The molecule has 0 fully saturated rings. The molecule has 1 N–H and O–H groups in total. The van der Waals surface area contributed by atoms with Crippen molar-refractivity contribution in [1.82, 2.24) is 10.3 Å². The molecule has 6 heteroatoms. The summed E-state index contributed by atoms with van der Waals surface area (Å²) in [5, 5.41) is 3.05. The molecule has 0 aliphatic rings. The zero-order valence-corrected chi connectivity index (χ0v) is 13.1. The van der Waals surface area contributed by atoms with Crippen LogP contribution in [-0.4, -0.2) is 29.4 Å². The molecule has 3 aromatic rings. The van der Waals surface area contributed by atoms with Crippen LogP contribution in [0.2, 0.25) is 0 Å². The first-order valence-electron chi connectivity index (χ1n) is 7.55. The predicted molar refractivity (Wildman–Crippen MR) is 90.9 cm³/mol. The van der Waals surface area contributed by atoms with Crippen LogP contribution in [0.5, 0.6) is 0 Å². The molecule has 0 radical (unpaired) electrons. The number of carbonyl (C=O) groups is 3. The first-order chi connectivity index (χ1) is 12.1. The summed E-state index contributed by atoms with van der Waals surface area (Å²) in [7, 11) is 0. The summed E-state index contributed by atoms with van der Waals surface area (Å²) in [5.74, 6) is -1.98. The number of aromatic nitrogens is 1. The number of para-hydroxylation sites is 1. The Bertz CT molecular complexity index is 938. The average Bonchev–Trinajstić information content (AvgIpc) is 2.66. The Kier molecular flexibility index (Phi) is 4.80. The van der Waals surface area contributed by atoms with Gasteiger partial charge in [0.2, 0.25) is 0 Å². The fraction of sp³-hybridized carbons (Fsp3) is 0.0526. The second-order valence-electron chi connectivity index (χ2n) is 5.21. The number of pyridine rings is 1. The van der Waals surface area contributed by atoms with E-state index in [0.29, 0.717) is 11.1 Å². The van der Waals surface area contributed by atoms with Crippen LogP contribution in [0.3, 0.4) is 0 Å². The maximum Gasteiger partial charge on any atom is 0.357 e. The van der Waals surface area contributed by atoms with Gasteiger partial charge in [-0.2, -0.15) is 0 Å². The van der Waals surface area contributed by atoms with Crippen molar-refractivity contribution in [3.05, 3.63) is 78.0 Å². The van der Waals surface area contributed by atoms with Gasteiger partial charge in [0.05, 0.1) is 5.52 Å². The fourth-order valence-corrected chi connectivity index (χ4v) is 2.21. The van der Waals surface area contributed by atoms with E-state index in [-0.39, 0.29) is 5.69 Å². The molecule has 25 heavy (non-hydrogen) atoms. The number of hydrogen-bond donors (Lipinski definition) is 1. The van der Waals surface area contributed by atoms with Crippen molar-refractivity contribution in [2.75, 3.05) is 6.61 Å². The molecule has 3 rings (SSSR count). The molecule has 0 spiro atoms. The zero-order valence-electron chi connectivity index (χ0n) is 13.1. The lowest BCUT2D eigenvalue weighted by Crippen LogP contribution is -2.34. The molecule has 0 aliphatic heterocycles. The van der Waals surface area contributed by atoms with Crippen LogP contribution in [-0.2, 0) is 9.53 Å². The highest BCUT2D eigenvalue weighted by Gasteiger charge is 2.14. The van der Waals surface area contributed by atoms with Crippen molar-refractivity contribution < 1.29 is 19.1 Å². The van der Waals surface area contributed by atoms with Gasteiger partial charge in [0, 0.05) is 10.9 Å². The first-order valence-corrected chi connectivity index (χ1v) is 7.55. The highest BCUT2D eigenvalue weighted by Crippen LogP contribution is 2.12. The Balaban J connectivity index is 1.57. The second-order valence-corrected chi connectivity index (χ2v) is 5.21. The molecule has 6 nitrogen and oxygen atoms in total. The lowest BCUT2D eigenvalue weighted by molar-refractivity contribution is -0.123. The van der Waals surface area contributed by atoms with Crippen molar-refractivity contribution in [2.24, 2.45) is 0 Å². The van der Waals surface area contributed by atoms with Gasteiger partial charge in [0.25, 0.3) is 11.8 Å². The lowest BCUT2D eigenvalue weighted by atomic mass is 10.2. The predicted octanol–water partition coefficient (Wildman–Crippen LogP) is 2.35. The topological polar surface area (TPSA) is 85.4 Å². The largest absolute Gasteiger partial charge is 0.451 e. The number of nitrogens with one attached hydrogen (secondary N) is 1. The quantitative estimate of drug-likeness (QED) is 0.740. The third-order valence-corrected chi connectivity index (χ3v) is 3.43. The third-order valence-electron chi connectivity index (χ3n) is 3.43. The molecule has 0 saturated heterocycles. The number of amides is 2. The van der Waals surface area contributed by atoms with Crippen LogP contribution < -0.4 is 5.32 Å². The number of esters is 1. The van der Waals surface area contributed by atoms with Gasteiger partial charge in [-0.15, -0.1) is 0 Å². The second kappa shape index (κ2) is 7.35. The first kappa shape index (κ1) is 16.3. The minimum Gasteiger partial charge on any atom is -0.451 e. The molecule has 0 unspecified atom stereocenters. The van der Waals surface area contributed by atoms with E-state index in [4.69, 9.17) is 4.74 Å². The van der Waals surface area contributed by atoms with E-state index in [1.807, 2.05) is 18.2 Å². The molecular formula is C19H14N2O4. The van der Waals surface area contributed by atoms with Gasteiger partial charge in [0.1, 0.15) is 5.69 Å². The molecule has 0 saturated carbocycles. The summed E-state index contributed by atoms with van der Waals surface area (Å²) in [6.45, 7) is -0.564. The standard InChI is InChI=1S/C19H14N2O4/c22-17(21-18(23)14-7-2-1-3-8-14)12-25-19(24)16-11-10-13-6-4-5-9-15(13)20-16/h1-11H,12H2,(H,21,22,23). The number of nitrogens with zero attached hydrogens (tertiary/aromatic N) is 1. The SMILES string of the molecule is O=C(COC(=O)c1ccc2ccccc2n1)NC(=O)c1ccccc1. The molecule has 2 amide bonds. The van der Waals surface area contributed by atoms with Crippen molar-refractivity contribution >= 4 is 28.7 Å². The van der Waals surface area contributed by atoms with Crippen molar-refractivity contribution in [3.8, 4) is 0 Å². The molecule has 2 aromatic carbocycles. The van der Waals surface area contributed by atoms with E-state index in [1.165, 1.54) is 6.07 Å². The van der Waals surface area contributed by atoms with Crippen LogP contribution in [0.1, 0.15) is 20.8 Å². The van der Waals surface area contributed by atoms with E-state index in [2.05, 4.69) is 10.3 Å². The van der Waals surface area contributed by atoms with Crippen LogP contribution in [0.4, 0.5) is 0 Å². The Labute approximate surface area is 143 Å². The molecule has 0 atom stereocenters. The molecule has 124 valence electrons. The van der Waals surface area contributed by atoms with Gasteiger partial charge in [-0.3, -0.25) is 14.9 Å². The van der Waals surface area contributed by atoms with Gasteiger partial charge in [-0.05, 0) is 24.3 Å². The summed E-state index contributed by atoms with van der Waals surface area (Å²) in [6.07, 6.45) is 0. The van der Waals surface area contributed by atoms with Gasteiger partial charge in [-0.1, -0.05) is 42.5 Å². The number of ether oxygens (including phenoxy) is 1. The summed E-state index contributed by atoms with van der Waals surface area (Å²) >= 11 is 0. The van der Waals surface area contributed by atoms with Gasteiger partial charge in [0.15, 0.2) is 6.61 Å². The highest BCUT2D eigenvalue weighted by atomic mass is 16.5. The molecular weight excluding hydrogens is 320 g/mol. The van der Waals surface area contributed by atoms with Gasteiger partial charge >= 0.3 is 5.97 Å². The van der Waals surface area contributed by atoms with E-state index in [9.17, 15) is 14.4 Å². The Morgan fingerprint density at radius 2 is 1.60 bits per heavy atom. The van der Waals surface area contributed by atoms with E-state index in [0.717, 1.165) is 5.39 Å². The summed E-state index contributed by atoms with van der Waals surface area (Å²) in [4.78, 5) is 39.8. The summed E-state index contributed by atoms with van der Waals surface area (Å²) in [5.41, 5.74) is 1.10. The molecule has 1 heterocycles. The van der Waals surface area contributed by atoms with E-state index in [1.54, 1.807) is 42.5 Å². The number of benzene rings is 2. The van der Waals surface area contributed by atoms with Gasteiger partial charge < -0.3 is 4.74 Å². The van der Waals surface area contributed by atoms with Crippen LogP contribution in [0.15, 0.2) is 66.7 Å². The molecule has 0 aliphatic carbocycles. The number of rotatable bonds is 4. The number of carbonyl (C=O) groups excluding carboxylic acids is 3. The van der Waals surface area contributed by atoms with Gasteiger partial charge in [-0.25, -0.2) is 9.78 Å². The fourth-order valence-electron chi connectivity index (χ4n) is 2.21. The Hall–Kier alpha value is -3.54. The van der Waals surface area contributed by atoms with Crippen LogP contribution in [0.25, 0.3) is 10.9 Å². The highest BCUT2D eigenvalue weighted by molar-refractivity contribution is 6.05. The normalized spacial score (nSPS) is 10.2. The lowest BCUT2D eigenvalue weighted by Gasteiger charge is -2.06. The van der Waals surface area contributed by atoms with Crippen molar-refractivity contribution in [2.45, 2.75) is 0 Å². The maximum atomic E-state index is 12.0. The van der Waals surface area contributed by atoms with Crippen molar-refractivity contribution in [1.29, 1.82) is 0 Å². The van der Waals surface area contributed by atoms with E-state index < -0.39 is 24.4 Å². The smallest absolute Gasteiger partial charge is 0.357 e. The summed E-state index contributed by atoms with van der Waals surface area (Å²) < 4.78 is 4.91. The molecule has 1 aromatic heterocycles. The monoisotopic (exact) mass is 334 g/mol. The number of fused-ring (bicyclic) bond motifs is 1. The Morgan fingerprint density at radius 1 is 0.880 bits per heavy atom. The average molecular weight is 334 g/mol. The Morgan fingerprint density at radius 3 is 2.40 bits per heavy atom. The summed E-state index contributed by atoms with van der Waals surface area (Å²) in [6, 6.07) is 18.9. The third kappa shape index (κ3) is 4.06.